The van der Waals surface area contributed by atoms with Gasteiger partial charge in [0, 0.05) is 46.0 Å². The van der Waals surface area contributed by atoms with Gasteiger partial charge in [-0.25, -0.2) is 8.42 Å². The standard InChI is InChI=1S/C22H34N4O4S/c1-17-21(20(30-24-17)12-15-25(2)3)31(28,29)26-14-7-10-19(16-26)22(27)23-13-11-18-8-5-4-6-9-18/h8,12,15,19H,4-7,9-11,13-14,16H2,1-3H3,(H,23,27)/b15-12+/t19-/m1/s1. The largest absolute Gasteiger partial charge is 0.383 e. The number of nitrogens with zero attached hydrogens (tertiary/aromatic N) is 3. The lowest BCUT2D eigenvalue weighted by atomic mass is 9.96. The molecular weight excluding hydrogens is 416 g/mol. The van der Waals surface area contributed by atoms with Crippen LogP contribution in [-0.4, -0.2) is 62.4 Å². The first kappa shape index (κ1) is 23.5. The van der Waals surface area contributed by atoms with Crippen LogP contribution in [0.15, 0.2) is 27.3 Å². The van der Waals surface area contributed by atoms with Gasteiger partial charge in [0.1, 0.15) is 5.69 Å². The molecule has 2 aliphatic rings. The van der Waals surface area contributed by atoms with Gasteiger partial charge in [-0.15, -0.1) is 0 Å². The van der Waals surface area contributed by atoms with Crippen LogP contribution < -0.4 is 5.32 Å². The number of carbonyl (C=O) groups is 1. The fourth-order valence-electron chi connectivity index (χ4n) is 4.14. The molecule has 172 valence electrons. The zero-order chi connectivity index (χ0) is 22.4. The Morgan fingerprint density at radius 2 is 2.16 bits per heavy atom. The minimum Gasteiger partial charge on any atom is -0.383 e. The predicted molar refractivity (Wildman–Crippen MR) is 120 cm³/mol. The number of hydrogen-bond donors (Lipinski definition) is 1. The molecule has 1 aliphatic heterocycles. The number of carbonyl (C=O) groups excluding carboxylic acids is 1. The van der Waals surface area contributed by atoms with Crippen LogP contribution in [0.25, 0.3) is 6.08 Å². The van der Waals surface area contributed by atoms with E-state index in [9.17, 15) is 13.2 Å². The first-order valence-electron chi connectivity index (χ1n) is 11.1. The van der Waals surface area contributed by atoms with Crippen molar-refractivity contribution in [2.75, 3.05) is 33.7 Å². The van der Waals surface area contributed by atoms with Crippen LogP contribution >= 0.6 is 0 Å². The molecule has 0 unspecified atom stereocenters. The number of nitrogens with one attached hydrogen (secondary N) is 1. The van der Waals surface area contributed by atoms with Crippen LogP contribution in [0.1, 0.15) is 56.4 Å². The Morgan fingerprint density at radius 3 is 2.87 bits per heavy atom. The average molecular weight is 451 g/mol. The van der Waals surface area contributed by atoms with E-state index in [1.54, 1.807) is 24.1 Å². The van der Waals surface area contributed by atoms with E-state index in [1.807, 2.05) is 14.1 Å². The van der Waals surface area contributed by atoms with E-state index in [1.165, 1.54) is 22.7 Å². The molecule has 9 heteroatoms. The first-order chi connectivity index (χ1) is 14.8. The second kappa shape index (κ2) is 10.5. The third kappa shape index (κ3) is 5.98. The van der Waals surface area contributed by atoms with Crippen LogP contribution in [0.2, 0.25) is 0 Å². The summed E-state index contributed by atoms with van der Waals surface area (Å²) < 4.78 is 33.4. The lowest BCUT2D eigenvalue weighted by Gasteiger charge is -2.31. The molecule has 1 aromatic heterocycles. The molecule has 0 radical (unpaired) electrons. The van der Waals surface area contributed by atoms with Gasteiger partial charge in [-0.05, 0) is 51.9 Å². The lowest BCUT2D eigenvalue weighted by Crippen LogP contribution is -2.45. The summed E-state index contributed by atoms with van der Waals surface area (Å²) in [5.41, 5.74) is 1.74. The summed E-state index contributed by atoms with van der Waals surface area (Å²) in [4.78, 5) is 14.6. The molecule has 1 atom stereocenters. The molecule has 0 saturated carbocycles. The molecule has 1 N–H and O–H groups in total. The van der Waals surface area contributed by atoms with Crippen molar-refractivity contribution in [2.45, 2.75) is 56.8 Å². The zero-order valence-corrected chi connectivity index (χ0v) is 19.6. The molecule has 1 saturated heterocycles. The van der Waals surface area contributed by atoms with Crippen LogP contribution in [0, 0.1) is 12.8 Å². The minimum absolute atomic E-state index is 0.0638. The smallest absolute Gasteiger partial charge is 0.248 e. The number of aryl methyl sites for hydroxylation is 1. The Kier molecular flexibility index (Phi) is 7.94. The lowest BCUT2D eigenvalue weighted by molar-refractivity contribution is -0.126. The molecule has 3 rings (SSSR count). The predicted octanol–water partition coefficient (Wildman–Crippen LogP) is 2.92. The Balaban J connectivity index is 1.65. The van der Waals surface area contributed by atoms with Crippen molar-refractivity contribution >= 4 is 22.0 Å². The minimum atomic E-state index is -3.81. The quantitative estimate of drug-likeness (QED) is 0.612. The normalized spacial score (nSPS) is 20.6. The summed E-state index contributed by atoms with van der Waals surface area (Å²) in [6.07, 6.45) is 12.5. The number of rotatable bonds is 8. The number of hydrogen-bond acceptors (Lipinski definition) is 6. The van der Waals surface area contributed by atoms with E-state index in [0.29, 0.717) is 31.6 Å². The van der Waals surface area contributed by atoms with Gasteiger partial charge in [0.25, 0.3) is 0 Å². The van der Waals surface area contributed by atoms with Crippen LogP contribution in [0.5, 0.6) is 0 Å². The monoisotopic (exact) mass is 450 g/mol. The van der Waals surface area contributed by atoms with Gasteiger partial charge >= 0.3 is 0 Å². The highest BCUT2D eigenvalue weighted by molar-refractivity contribution is 7.89. The molecule has 0 aromatic carbocycles. The molecule has 1 fully saturated rings. The topological polar surface area (TPSA) is 95.8 Å². The number of amides is 1. The number of piperidine rings is 1. The van der Waals surface area contributed by atoms with Crippen molar-refractivity contribution < 1.29 is 17.7 Å². The molecule has 1 aromatic rings. The average Bonchev–Trinajstić information content (AvgIpc) is 3.14. The van der Waals surface area contributed by atoms with Gasteiger partial charge in [-0.3, -0.25) is 4.79 Å². The first-order valence-corrected chi connectivity index (χ1v) is 12.5. The van der Waals surface area contributed by atoms with Crippen LogP contribution in [0.4, 0.5) is 0 Å². The summed E-state index contributed by atoms with van der Waals surface area (Å²) in [5, 5.41) is 6.87. The number of allylic oxidation sites excluding steroid dienone is 1. The van der Waals surface area contributed by atoms with Gasteiger partial charge < -0.3 is 14.7 Å². The fraction of sp³-hybridized carbons (Fsp3) is 0.636. The fourth-order valence-corrected chi connectivity index (χ4v) is 5.92. The molecule has 2 heterocycles. The summed E-state index contributed by atoms with van der Waals surface area (Å²) >= 11 is 0. The van der Waals surface area contributed by atoms with Gasteiger partial charge in [0.2, 0.25) is 15.9 Å². The van der Waals surface area contributed by atoms with Gasteiger partial charge in [0.15, 0.2) is 10.7 Å². The van der Waals surface area contributed by atoms with E-state index < -0.39 is 10.0 Å². The van der Waals surface area contributed by atoms with E-state index in [2.05, 4.69) is 16.5 Å². The highest BCUT2D eigenvalue weighted by Gasteiger charge is 2.36. The zero-order valence-electron chi connectivity index (χ0n) is 18.8. The highest BCUT2D eigenvalue weighted by atomic mass is 32.2. The Labute approximate surface area is 185 Å². The van der Waals surface area contributed by atoms with Crippen LogP contribution in [0.3, 0.4) is 0 Å². The van der Waals surface area contributed by atoms with Gasteiger partial charge in [0.05, 0.1) is 5.92 Å². The molecule has 0 spiro atoms. The molecule has 8 nitrogen and oxygen atoms in total. The Hall–Kier alpha value is -2.13. The third-order valence-corrected chi connectivity index (χ3v) is 7.86. The second-order valence-corrected chi connectivity index (χ2v) is 10.5. The maximum absolute atomic E-state index is 13.4. The number of aromatic nitrogens is 1. The van der Waals surface area contributed by atoms with E-state index >= 15 is 0 Å². The highest BCUT2D eigenvalue weighted by Crippen LogP contribution is 2.29. The number of sulfonamides is 1. The van der Waals surface area contributed by atoms with Crippen LogP contribution in [-0.2, 0) is 14.8 Å². The maximum Gasteiger partial charge on any atom is 0.248 e. The summed E-state index contributed by atoms with van der Waals surface area (Å²) in [7, 11) is -0.134. The summed E-state index contributed by atoms with van der Waals surface area (Å²) in [5.74, 6) is -0.200. The van der Waals surface area contributed by atoms with Gasteiger partial charge in [-0.2, -0.15) is 4.31 Å². The van der Waals surface area contributed by atoms with Crippen molar-refractivity contribution in [1.82, 2.24) is 19.7 Å². The van der Waals surface area contributed by atoms with Crippen molar-refractivity contribution in [3.63, 3.8) is 0 Å². The molecule has 1 aliphatic carbocycles. The van der Waals surface area contributed by atoms with Crippen molar-refractivity contribution in [3.05, 3.63) is 29.3 Å². The van der Waals surface area contributed by atoms with E-state index in [4.69, 9.17) is 4.52 Å². The molecule has 31 heavy (non-hydrogen) atoms. The van der Waals surface area contributed by atoms with E-state index in [0.717, 1.165) is 19.3 Å². The Bertz CT molecular complexity index is 933. The van der Waals surface area contributed by atoms with Crippen molar-refractivity contribution in [3.8, 4) is 0 Å². The molecule has 0 bridgehead atoms. The summed E-state index contributed by atoms with van der Waals surface area (Å²) in [6.45, 7) is 2.80. The second-order valence-electron chi connectivity index (χ2n) is 8.59. The van der Waals surface area contributed by atoms with E-state index in [-0.39, 0.29) is 29.0 Å². The molecule has 1 amide bonds. The SMILES string of the molecule is Cc1noc(/C=C/N(C)C)c1S(=O)(=O)N1CCC[C@@H](C(=O)NCCC2=CCCCC2)C1. The van der Waals surface area contributed by atoms with Gasteiger partial charge in [-0.1, -0.05) is 16.8 Å². The molecular formula is C22H34N4O4S. The third-order valence-electron chi connectivity index (χ3n) is 5.84. The summed E-state index contributed by atoms with van der Waals surface area (Å²) in [6, 6.07) is 0. The van der Waals surface area contributed by atoms with Crippen molar-refractivity contribution in [1.29, 1.82) is 0 Å². The Morgan fingerprint density at radius 1 is 1.35 bits per heavy atom. The maximum atomic E-state index is 13.4. The van der Waals surface area contributed by atoms with Crippen molar-refractivity contribution in [2.24, 2.45) is 5.92 Å².